The molecule has 0 saturated heterocycles. The van der Waals surface area contributed by atoms with E-state index in [1.165, 1.54) is 16.7 Å². The Morgan fingerprint density at radius 1 is 1.21 bits per heavy atom. The molecule has 0 saturated carbocycles. The second kappa shape index (κ2) is 12.5. The van der Waals surface area contributed by atoms with Crippen LogP contribution in [0.1, 0.15) is 42.1 Å². The number of guanidine groups is 1. The Kier molecular flexibility index (Phi) is 10.3. The minimum Gasteiger partial charge on any atom is -0.493 e. The smallest absolute Gasteiger partial charge is 0.193 e. The van der Waals surface area contributed by atoms with E-state index in [9.17, 15) is 0 Å². The van der Waals surface area contributed by atoms with Gasteiger partial charge < -0.3 is 19.7 Å². The van der Waals surface area contributed by atoms with E-state index >= 15 is 0 Å². The highest BCUT2D eigenvalue weighted by Gasteiger charge is 2.20. The van der Waals surface area contributed by atoms with Gasteiger partial charge in [-0.3, -0.25) is 14.6 Å². The van der Waals surface area contributed by atoms with Gasteiger partial charge in [0.25, 0.3) is 0 Å². The van der Waals surface area contributed by atoms with Crippen molar-refractivity contribution in [2.75, 3.05) is 47.9 Å². The van der Waals surface area contributed by atoms with E-state index in [1.54, 1.807) is 14.2 Å². The Hall–Kier alpha value is -2.01. The fourth-order valence-corrected chi connectivity index (χ4v) is 4.34. The highest BCUT2D eigenvalue weighted by molar-refractivity contribution is 14.0. The number of nitrogens with zero attached hydrogens (tertiary/aromatic N) is 5. The number of aromatic nitrogens is 2. The molecule has 0 atom stereocenters. The predicted molar refractivity (Wildman–Crippen MR) is 144 cm³/mol. The third-order valence-electron chi connectivity index (χ3n) is 5.97. The third-order valence-corrected chi connectivity index (χ3v) is 5.97. The highest BCUT2D eigenvalue weighted by atomic mass is 127. The molecule has 0 fully saturated rings. The van der Waals surface area contributed by atoms with Crippen LogP contribution >= 0.6 is 24.0 Å². The van der Waals surface area contributed by atoms with Crippen molar-refractivity contribution in [3.63, 3.8) is 0 Å². The summed E-state index contributed by atoms with van der Waals surface area (Å²) in [6, 6.07) is 4.23. The molecule has 2 heterocycles. The second-order valence-corrected chi connectivity index (χ2v) is 8.70. The first-order valence-corrected chi connectivity index (χ1v) is 11.3. The first-order chi connectivity index (χ1) is 15.4. The second-order valence-electron chi connectivity index (χ2n) is 8.70. The van der Waals surface area contributed by atoms with Crippen molar-refractivity contribution in [1.82, 2.24) is 24.9 Å². The summed E-state index contributed by atoms with van der Waals surface area (Å²) in [6.45, 7) is 8.88. The van der Waals surface area contributed by atoms with E-state index in [2.05, 4.69) is 64.4 Å². The van der Waals surface area contributed by atoms with Gasteiger partial charge in [0.05, 0.1) is 19.9 Å². The van der Waals surface area contributed by atoms with Gasteiger partial charge in [-0.15, -0.1) is 24.0 Å². The summed E-state index contributed by atoms with van der Waals surface area (Å²) in [5.41, 5.74) is 5.05. The van der Waals surface area contributed by atoms with Crippen molar-refractivity contribution in [2.45, 2.75) is 39.3 Å². The molecule has 1 aliphatic heterocycles. The Bertz CT molecular complexity index is 943. The number of hydrogen-bond donors (Lipinski definition) is 1. The van der Waals surface area contributed by atoms with Crippen LogP contribution in [0.5, 0.6) is 11.5 Å². The minimum atomic E-state index is 0. The fraction of sp³-hybridized carbons (Fsp3) is 0.583. The summed E-state index contributed by atoms with van der Waals surface area (Å²) in [4.78, 5) is 9.10. The van der Waals surface area contributed by atoms with Crippen LogP contribution in [-0.2, 0) is 26.6 Å². The van der Waals surface area contributed by atoms with Crippen LogP contribution in [0.3, 0.4) is 0 Å². The molecule has 0 bridgehead atoms. The summed E-state index contributed by atoms with van der Waals surface area (Å²) in [5.74, 6) is 2.90. The van der Waals surface area contributed by atoms with Gasteiger partial charge in [-0.1, -0.05) is 13.8 Å². The number of hydrogen-bond acceptors (Lipinski definition) is 5. The van der Waals surface area contributed by atoms with E-state index in [1.807, 2.05) is 18.8 Å². The molecule has 1 aromatic heterocycles. The van der Waals surface area contributed by atoms with Crippen molar-refractivity contribution in [3.8, 4) is 11.5 Å². The Morgan fingerprint density at radius 3 is 2.48 bits per heavy atom. The topological polar surface area (TPSA) is 67.2 Å². The van der Waals surface area contributed by atoms with E-state index in [0.717, 1.165) is 62.3 Å². The Labute approximate surface area is 215 Å². The maximum atomic E-state index is 5.48. The van der Waals surface area contributed by atoms with Gasteiger partial charge in [0.2, 0.25) is 0 Å². The number of rotatable bonds is 8. The van der Waals surface area contributed by atoms with Crippen LogP contribution in [0.25, 0.3) is 0 Å². The quantitative estimate of drug-likeness (QED) is 0.299. The van der Waals surface area contributed by atoms with Crippen molar-refractivity contribution in [3.05, 3.63) is 40.7 Å². The van der Waals surface area contributed by atoms with E-state index in [0.29, 0.717) is 5.92 Å². The lowest BCUT2D eigenvalue weighted by atomic mass is 9.99. The minimum absolute atomic E-state index is 0. The lowest BCUT2D eigenvalue weighted by Gasteiger charge is -2.30. The number of aliphatic imine (C=N–C) groups is 1. The van der Waals surface area contributed by atoms with Crippen LogP contribution in [0.2, 0.25) is 0 Å². The van der Waals surface area contributed by atoms with Gasteiger partial charge in [-0.2, -0.15) is 5.10 Å². The lowest BCUT2D eigenvalue weighted by Crippen LogP contribution is -2.43. The highest BCUT2D eigenvalue weighted by Crippen LogP contribution is 2.33. The molecule has 8 nitrogen and oxygen atoms in total. The molecular formula is C24H39IN6O2. The monoisotopic (exact) mass is 570 g/mol. The maximum Gasteiger partial charge on any atom is 0.193 e. The van der Waals surface area contributed by atoms with E-state index < -0.39 is 0 Å². The van der Waals surface area contributed by atoms with Crippen molar-refractivity contribution in [1.29, 1.82) is 0 Å². The zero-order valence-corrected chi connectivity index (χ0v) is 23.3. The Balaban J connectivity index is 0.00000385. The zero-order chi connectivity index (χ0) is 23.3. The lowest BCUT2D eigenvalue weighted by molar-refractivity contribution is 0.255. The largest absolute Gasteiger partial charge is 0.493 e. The summed E-state index contributed by atoms with van der Waals surface area (Å²) in [6.07, 6.45) is 3.12. The van der Waals surface area contributed by atoms with E-state index in [4.69, 9.17) is 9.47 Å². The first kappa shape index (κ1) is 27.2. The number of aryl methyl sites for hydroxylation is 1. The summed E-state index contributed by atoms with van der Waals surface area (Å²) in [5, 5.41) is 8.14. The standard InChI is InChI=1S/C24H38N6O2.HI/c1-17(2)23-20(15-29(5)27-23)14-28(4)24(25-3)26-9-11-30-10-8-18-12-21(31-6)22(32-7)13-19(18)16-30;/h12-13,15,17H,8-11,14,16H2,1-7H3,(H,25,26);1H. The third kappa shape index (κ3) is 6.75. The molecular weight excluding hydrogens is 531 g/mol. The van der Waals surface area contributed by atoms with Crippen molar-refractivity contribution >= 4 is 29.9 Å². The zero-order valence-electron chi connectivity index (χ0n) is 21.0. The average molecular weight is 571 g/mol. The maximum absolute atomic E-state index is 5.48. The molecule has 1 aliphatic rings. The molecule has 33 heavy (non-hydrogen) atoms. The molecule has 3 rings (SSSR count). The number of benzene rings is 1. The molecule has 1 N–H and O–H groups in total. The molecule has 9 heteroatoms. The molecule has 184 valence electrons. The number of ether oxygens (including phenoxy) is 2. The average Bonchev–Trinajstić information content (AvgIpc) is 3.15. The predicted octanol–water partition coefficient (Wildman–Crippen LogP) is 3.24. The molecule has 0 aliphatic carbocycles. The number of fused-ring (bicyclic) bond motifs is 1. The molecule has 2 aromatic rings. The molecule has 0 radical (unpaired) electrons. The van der Waals surface area contributed by atoms with Crippen LogP contribution in [0.4, 0.5) is 0 Å². The summed E-state index contributed by atoms with van der Waals surface area (Å²) >= 11 is 0. The molecule has 1 aromatic carbocycles. The van der Waals surface area contributed by atoms with Crippen molar-refractivity contribution < 1.29 is 9.47 Å². The normalized spacial score (nSPS) is 14.0. The van der Waals surface area contributed by atoms with Gasteiger partial charge in [-0.05, 0) is 35.6 Å². The van der Waals surface area contributed by atoms with Crippen LogP contribution < -0.4 is 14.8 Å². The van der Waals surface area contributed by atoms with Gasteiger partial charge in [-0.25, -0.2) is 0 Å². The van der Waals surface area contributed by atoms with Gasteiger partial charge in [0.15, 0.2) is 17.5 Å². The molecule has 0 amide bonds. The van der Waals surface area contributed by atoms with Crippen LogP contribution in [-0.4, -0.2) is 73.5 Å². The number of halogens is 1. The van der Waals surface area contributed by atoms with Crippen molar-refractivity contribution in [2.24, 2.45) is 12.0 Å². The first-order valence-electron chi connectivity index (χ1n) is 11.3. The number of methoxy groups -OCH3 is 2. The van der Waals surface area contributed by atoms with Gasteiger partial charge in [0.1, 0.15) is 0 Å². The SMILES string of the molecule is CN=C(NCCN1CCc2cc(OC)c(OC)cc2C1)N(C)Cc1cn(C)nc1C(C)C.I. The Morgan fingerprint density at radius 2 is 1.88 bits per heavy atom. The van der Waals surface area contributed by atoms with Crippen LogP contribution in [0, 0.1) is 0 Å². The van der Waals surface area contributed by atoms with E-state index in [-0.39, 0.29) is 24.0 Å². The molecule has 0 spiro atoms. The summed E-state index contributed by atoms with van der Waals surface area (Å²) < 4.78 is 12.8. The fourth-order valence-electron chi connectivity index (χ4n) is 4.34. The van der Waals surface area contributed by atoms with Crippen LogP contribution in [0.15, 0.2) is 23.3 Å². The summed E-state index contributed by atoms with van der Waals surface area (Å²) in [7, 11) is 9.26. The number of nitrogens with one attached hydrogen (secondary N) is 1. The van der Waals surface area contributed by atoms with Gasteiger partial charge >= 0.3 is 0 Å². The molecule has 0 unspecified atom stereocenters. The van der Waals surface area contributed by atoms with Gasteiger partial charge in [0, 0.05) is 65.6 Å².